The maximum atomic E-state index is 11.7. The van der Waals surface area contributed by atoms with Crippen molar-refractivity contribution in [2.24, 2.45) is 0 Å². The molecule has 1 aromatic rings. The van der Waals surface area contributed by atoms with Crippen LogP contribution in [0.3, 0.4) is 0 Å². The van der Waals surface area contributed by atoms with Gasteiger partial charge in [0, 0.05) is 38.6 Å². The highest BCUT2D eigenvalue weighted by atomic mass is 16.2. The van der Waals surface area contributed by atoms with Crippen molar-refractivity contribution in [3.63, 3.8) is 0 Å². The van der Waals surface area contributed by atoms with Crippen molar-refractivity contribution >= 4 is 11.7 Å². The Kier molecular flexibility index (Phi) is 4.46. The van der Waals surface area contributed by atoms with Gasteiger partial charge in [-0.2, -0.15) is 0 Å². The molecule has 18 heavy (non-hydrogen) atoms. The summed E-state index contributed by atoms with van der Waals surface area (Å²) in [6, 6.07) is 0.483. The van der Waals surface area contributed by atoms with Crippen molar-refractivity contribution < 1.29 is 4.79 Å². The summed E-state index contributed by atoms with van der Waals surface area (Å²) in [5.74, 6) is 0.915. The number of carbonyl (C=O) groups is 1. The van der Waals surface area contributed by atoms with Gasteiger partial charge >= 0.3 is 0 Å². The van der Waals surface area contributed by atoms with Crippen molar-refractivity contribution in [1.82, 2.24) is 20.2 Å². The molecule has 1 saturated carbocycles. The Morgan fingerprint density at radius 1 is 1.44 bits per heavy atom. The van der Waals surface area contributed by atoms with Crippen LogP contribution in [0.1, 0.15) is 12.8 Å². The van der Waals surface area contributed by atoms with E-state index < -0.39 is 0 Å². The van der Waals surface area contributed by atoms with Crippen molar-refractivity contribution in [1.29, 1.82) is 0 Å². The van der Waals surface area contributed by atoms with Gasteiger partial charge in [-0.1, -0.05) is 0 Å². The lowest BCUT2D eigenvalue weighted by molar-refractivity contribution is -0.129. The number of hydrogen-bond acceptors (Lipinski definition) is 5. The van der Waals surface area contributed by atoms with E-state index in [0.29, 0.717) is 12.6 Å². The second-order valence-electron chi connectivity index (χ2n) is 4.43. The van der Waals surface area contributed by atoms with Crippen molar-refractivity contribution in [3.8, 4) is 0 Å². The first kappa shape index (κ1) is 12.8. The second-order valence-corrected chi connectivity index (χ2v) is 4.43. The van der Waals surface area contributed by atoms with Gasteiger partial charge in [-0.25, -0.2) is 4.98 Å². The molecule has 0 bridgehead atoms. The predicted molar refractivity (Wildman–Crippen MR) is 69.2 cm³/mol. The molecule has 1 aromatic heterocycles. The van der Waals surface area contributed by atoms with Crippen LogP contribution in [0, 0.1) is 0 Å². The van der Waals surface area contributed by atoms with Crippen LogP contribution in [0.5, 0.6) is 0 Å². The van der Waals surface area contributed by atoms with Crippen molar-refractivity contribution in [3.05, 3.63) is 18.6 Å². The number of anilines is 1. The Bertz CT molecular complexity index is 379. The summed E-state index contributed by atoms with van der Waals surface area (Å²) in [6.45, 7) is 1.84. The lowest BCUT2D eigenvalue weighted by Crippen LogP contribution is -2.38. The maximum Gasteiger partial charge on any atom is 0.236 e. The topological polar surface area (TPSA) is 70.2 Å². The molecule has 98 valence electrons. The molecule has 0 unspecified atom stereocenters. The highest BCUT2D eigenvalue weighted by molar-refractivity contribution is 5.78. The number of aromatic nitrogens is 2. The van der Waals surface area contributed by atoms with E-state index in [9.17, 15) is 4.79 Å². The number of carbonyl (C=O) groups excluding carboxylic acids is 1. The molecule has 1 aliphatic rings. The van der Waals surface area contributed by atoms with Crippen LogP contribution in [-0.4, -0.2) is 53.5 Å². The van der Waals surface area contributed by atoms with Crippen LogP contribution >= 0.6 is 0 Å². The molecule has 1 heterocycles. The zero-order valence-corrected chi connectivity index (χ0v) is 10.6. The van der Waals surface area contributed by atoms with Crippen LogP contribution in [0.4, 0.5) is 5.82 Å². The first-order chi connectivity index (χ1) is 8.77. The Labute approximate surface area is 107 Å². The molecule has 6 nitrogen and oxygen atoms in total. The fourth-order valence-electron chi connectivity index (χ4n) is 1.65. The van der Waals surface area contributed by atoms with Crippen molar-refractivity contribution in [2.45, 2.75) is 18.9 Å². The minimum Gasteiger partial charge on any atom is -0.368 e. The highest BCUT2D eigenvalue weighted by Crippen LogP contribution is 2.24. The summed E-state index contributed by atoms with van der Waals surface area (Å²) in [5, 5.41) is 6.24. The van der Waals surface area contributed by atoms with E-state index in [1.165, 1.54) is 0 Å². The normalized spacial score (nSPS) is 14.3. The van der Waals surface area contributed by atoms with Crippen LogP contribution in [0.15, 0.2) is 18.6 Å². The standard InChI is InChI=1S/C12H19N5O/c1-17(10-2-3-10)12(18)9-14-5-7-16-11-8-13-4-6-15-11/h4,6,8,10,14H,2-3,5,7,9H2,1H3,(H,15,16). The zero-order valence-electron chi connectivity index (χ0n) is 10.6. The number of rotatable bonds is 7. The quantitative estimate of drug-likeness (QED) is 0.671. The first-order valence-electron chi connectivity index (χ1n) is 6.23. The van der Waals surface area contributed by atoms with Gasteiger partial charge in [-0.15, -0.1) is 0 Å². The molecular formula is C12H19N5O. The molecule has 0 aromatic carbocycles. The smallest absolute Gasteiger partial charge is 0.236 e. The average molecular weight is 249 g/mol. The van der Waals surface area contributed by atoms with Gasteiger partial charge in [-0.05, 0) is 12.8 Å². The molecule has 1 aliphatic carbocycles. The third kappa shape index (κ3) is 3.96. The Hall–Kier alpha value is -1.69. The van der Waals surface area contributed by atoms with Crippen molar-refractivity contribution in [2.75, 3.05) is 32.0 Å². The lowest BCUT2D eigenvalue weighted by Gasteiger charge is -2.16. The summed E-state index contributed by atoms with van der Waals surface area (Å²) in [5.41, 5.74) is 0. The van der Waals surface area contributed by atoms with Crippen LogP contribution in [0.25, 0.3) is 0 Å². The predicted octanol–water partition coefficient (Wildman–Crippen LogP) is 0.0989. The third-order valence-electron chi connectivity index (χ3n) is 2.94. The molecule has 0 saturated heterocycles. The van der Waals surface area contributed by atoms with Gasteiger partial charge in [0.2, 0.25) is 5.91 Å². The molecule has 0 radical (unpaired) electrons. The number of hydrogen-bond donors (Lipinski definition) is 2. The van der Waals surface area contributed by atoms with Crippen LogP contribution in [-0.2, 0) is 4.79 Å². The molecule has 1 amide bonds. The van der Waals surface area contributed by atoms with E-state index in [2.05, 4.69) is 20.6 Å². The summed E-state index contributed by atoms with van der Waals surface area (Å²) in [7, 11) is 1.87. The molecule has 1 fully saturated rings. The third-order valence-corrected chi connectivity index (χ3v) is 2.94. The molecule has 2 N–H and O–H groups in total. The van der Waals surface area contributed by atoms with E-state index >= 15 is 0 Å². The van der Waals surface area contributed by atoms with Gasteiger partial charge in [0.05, 0.1) is 12.7 Å². The van der Waals surface area contributed by atoms with E-state index in [1.54, 1.807) is 18.6 Å². The zero-order chi connectivity index (χ0) is 12.8. The minimum atomic E-state index is 0.164. The van der Waals surface area contributed by atoms with Gasteiger partial charge in [-0.3, -0.25) is 9.78 Å². The highest BCUT2D eigenvalue weighted by Gasteiger charge is 2.28. The number of amides is 1. The number of nitrogens with one attached hydrogen (secondary N) is 2. The van der Waals surface area contributed by atoms with Gasteiger partial charge in [0.15, 0.2) is 0 Å². The first-order valence-corrected chi connectivity index (χ1v) is 6.23. The number of nitrogens with zero attached hydrogens (tertiary/aromatic N) is 3. The van der Waals surface area contributed by atoms with E-state index in [0.717, 1.165) is 31.7 Å². The fraction of sp³-hybridized carbons (Fsp3) is 0.583. The molecule has 0 atom stereocenters. The molecule has 0 spiro atoms. The molecule has 6 heteroatoms. The van der Waals surface area contributed by atoms with Gasteiger partial charge < -0.3 is 15.5 Å². The summed E-state index contributed by atoms with van der Waals surface area (Å²) < 4.78 is 0. The number of likely N-dealkylation sites (N-methyl/N-ethyl adjacent to an activating group) is 1. The monoisotopic (exact) mass is 249 g/mol. The summed E-state index contributed by atoms with van der Waals surface area (Å²) in [4.78, 5) is 21.6. The SMILES string of the molecule is CN(C(=O)CNCCNc1cnccn1)C1CC1. The van der Waals surface area contributed by atoms with Gasteiger partial charge in [0.25, 0.3) is 0 Å². The van der Waals surface area contributed by atoms with Gasteiger partial charge in [0.1, 0.15) is 5.82 Å². The Morgan fingerprint density at radius 2 is 2.28 bits per heavy atom. The van der Waals surface area contributed by atoms with E-state index in [-0.39, 0.29) is 5.91 Å². The minimum absolute atomic E-state index is 0.164. The van der Waals surface area contributed by atoms with Crippen LogP contribution < -0.4 is 10.6 Å². The molecule has 0 aliphatic heterocycles. The Balaban J connectivity index is 1.54. The largest absolute Gasteiger partial charge is 0.368 e. The van der Waals surface area contributed by atoms with Crippen LogP contribution in [0.2, 0.25) is 0 Å². The second kappa shape index (κ2) is 6.30. The van der Waals surface area contributed by atoms with E-state index in [4.69, 9.17) is 0 Å². The summed E-state index contributed by atoms with van der Waals surface area (Å²) >= 11 is 0. The molecular weight excluding hydrogens is 230 g/mol. The fourth-order valence-corrected chi connectivity index (χ4v) is 1.65. The maximum absolute atomic E-state index is 11.7. The van der Waals surface area contributed by atoms with E-state index in [1.807, 2.05) is 11.9 Å². The molecule has 2 rings (SSSR count). The average Bonchev–Trinajstić information content (AvgIpc) is 3.23. The lowest BCUT2D eigenvalue weighted by atomic mass is 10.4. The summed E-state index contributed by atoms with van der Waals surface area (Å²) in [6.07, 6.45) is 7.25. The Morgan fingerprint density at radius 3 is 2.94 bits per heavy atom.